The van der Waals surface area contributed by atoms with Gasteiger partial charge in [-0.2, -0.15) is 0 Å². The summed E-state index contributed by atoms with van der Waals surface area (Å²) in [5, 5.41) is 6.80. The molecule has 0 radical (unpaired) electrons. The Morgan fingerprint density at radius 3 is 2.64 bits per heavy atom. The number of likely N-dealkylation sites (tertiary alicyclic amines) is 1. The SMILES string of the molecule is CN=C(NCCC1CCN(C)CC1)NCC(C)(C)c1cccc(F)c1. The largest absolute Gasteiger partial charge is 0.356 e. The standard InChI is InChI=1S/C20H33FN4/c1-20(2,17-6-5-7-18(21)14-17)15-24-19(22-3)23-11-8-16-9-12-25(4)13-10-16/h5-7,14,16H,8-13,15H2,1-4H3,(H2,22,23,24). The second kappa shape index (κ2) is 9.18. The van der Waals surface area contributed by atoms with Gasteiger partial charge < -0.3 is 15.5 Å². The summed E-state index contributed by atoms with van der Waals surface area (Å²) in [6.07, 6.45) is 3.76. The van der Waals surface area contributed by atoms with Crippen molar-refractivity contribution in [2.75, 3.05) is 40.3 Å². The van der Waals surface area contributed by atoms with E-state index in [1.165, 1.54) is 38.4 Å². The summed E-state index contributed by atoms with van der Waals surface area (Å²) in [5.41, 5.74) is 0.815. The van der Waals surface area contributed by atoms with Crippen LogP contribution in [0.25, 0.3) is 0 Å². The summed E-state index contributed by atoms with van der Waals surface area (Å²) in [4.78, 5) is 6.71. The minimum Gasteiger partial charge on any atom is -0.356 e. The molecule has 2 rings (SSSR count). The molecule has 1 aromatic carbocycles. The van der Waals surface area contributed by atoms with Crippen LogP contribution in [0.3, 0.4) is 0 Å². The fourth-order valence-electron chi connectivity index (χ4n) is 3.28. The molecule has 0 unspecified atom stereocenters. The summed E-state index contributed by atoms with van der Waals surface area (Å²) in [5.74, 6) is 1.44. The van der Waals surface area contributed by atoms with Gasteiger partial charge in [-0.3, -0.25) is 4.99 Å². The zero-order chi connectivity index (χ0) is 18.3. The van der Waals surface area contributed by atoms with Crippen molar-refractivity contribution in [3.8, 4) is 0 Å². The highest BCUT2D eigenvalue weighted by molar-refractivity contribution is 5.79. The van der Waals surface area contributed by atoms with Crippen molar-refractivity contribution in [1.29, 1.82) is 0 Å². The number of aliphatic imine (C=N–C) groups is 1. The Hall–Kier alpha value is -1.62. The van der Waals surface area contributed by atoms with Crippen molar-refractivity contribution >= 4 is 5.96 Å². The Kier molecular flexibility index (Phi) is 7.24. The fraction of sp³-hybridized carbons (Fsp3) is 0.650. The summed E-state index contributed by atoms with van der Waals surface area (Å²) in [6.45, 7) is 8.28. The molecule has 2 N–H and O–H groups in total. The number of nitrogens with zero attached hydrogens (tertiary/aromatic N) is 2. The predicted octanol–water partition coefficient (Wildman–Crippen LogP) is 3.00. The number of guanidine groups is 1. The molecule has 25 heavy (non-hydrogen) atoms. The van der Waals surface area contributed by atoms with Gasteiger partial charge in [-0.15, -0.1) is 0 Å². The van der Waals surface area contributed by atoms with Gasteiger partial charge in [0.2, 0.25) is 0 Å². The second-order valence-electron chi connectivity index (χ2n) is 7.78. The van der Waals surface area contributed by atoms with Crippen LogP contribution in [0.4, 0.5) is 4.39 Å². The first kappa shape index (κ1) is 19.7. The number of benzene rings is 1. The molecule has 0 atom stereocenters. The first-order valence-electron chi connectivity index (χ1n) is 9.30. The van der Waals surface area contributed by atoms with Crippen LogP contribution < -0.4 is 10.6 Å². The van der Waals surface area contributed by atoms with Crippen LogP contribution in [0.5, 0.6) is 0 Å². The van der Waals surface area contributed by atoms with Gasteiger partial charge in [-0.05, 0) is 63.0 Å². The molecule has 1 saturated heterocycles. The Morgan fingerprint density at radius 2 is 2.00 bits per heavy atom. The number of halogens is 1. The van der Waals surface area contributed by atoms with Crippen LogP contribution in [0.15, 0.2) is 29.3 Å². The minimum absolute atomic E-state index is 0.173. The highest BCUT2D eigenvalue weighted by atomic mass is 19.1. The van der Waals surface area contributed by atoms with Gasteiger partial charge in [0.1, 0.15) is 5.82 Å². The third kappa shape index (κ3) is 6.31. The van der Waals surface area contributed by atoms with E-state index in [-0.39, 0.29) is 11.2 Å². The van der Waals surface area contributed by atoms with Crippen LogP contribution >= 0.6 is 0 Å². The van der Waals surface area contributed by atoms with E-state index in [1.807, 2.05) is 6.07 Å². The lowest BCUT2D eigenvalue weighted by Gasteiger charge is -2.29. The number of rotatable bonds is 6. The van der Waals surface area contributed by atoms with E-state index in [4.69, 9.17) is 0 Å². The molecule has 1 aliphatic rings. The average molecular weight is 349 g/mol. The van der Waals surface area contributed by atoms with E-state index in [1.54, 1.807) is 19.2 Å². The molecule has 1 aromatic rings. The average Bonchev–Trinajstić information content (AvgIpc) is 2.59. The maximum absolute atomic E-state index is 13.5. The topological polar surface area (TPSA) is 39.7 Å². The van der Waals surface area contributed by atoms with Crippen LogP contribution in [0.2, 0.25) is 0 Å². The van der Waals surface area contributed by atoms with Crippen molar-refractivity contribution in [3.63, 3.8) is 0 Å². The fourth-order valence-corrected chi connectivity index (χ4v) is 3.28. The van der Waals surface area contributed by atoms with Crippen molar-refractivity contribution < 1.29 is 4.39 Å². The first-order chi connectivity index (χ1) is 11.9. The molecule has 1 fully saturated rings. The number of hydrogen-bond donors (Lipinski definition) is 2. The number of piperidine rings is 1. The van der Waals surface area contributed by atoms with Gasteiger partial charge in [-0.25, -0.2) is 4.39 Å². The van der Waals surface area contributed by atoms with Crippen LogP contribution in [0, 0.1) is 11.7 Å². The normalized spacial score (nSPS) is 17.6. The van der Waals surface area contributed by atoms with Gasteiger partial charge >= 0.3 is 0 Å². The second-order valence-corrected chi connectivity index (χ2v) is 7.78. The third-order valence-corrected chi connectivity index (χ3v) is 5.21. The maximum atomic E-state index is 13.5. The lowest BCUT2D eigenvalue weighted by Crippen LogP contribution is -2.44. The number of hydrogen-bond acceptors (Lipinski definition) is 2. The summed E-state index contributed by atoms with van der Waals surface area (Å²) in [6, 6.07) is 6.83. The zero-order valence-electron chi connectivity index (χ0n) is 16.1. The van der Waals surface area contributed by atoms with Crippen LogP contribution in [-0.4, -0.2) is 51.1 Å². The molecule has 0 saturated carbocycles. The smallest absolute Gasteiger partial charge is 0.191 e. The lowest BCUT2D eigenvalue weighted by atomic mass is 9.84. The first-order valence-corrected chi connectivity index (χ1v) is 9.30. The van der Waals surface area contributed by atoms with Gasteiger partial charge in [0, 0.05) is 25.6 Å². The van der Waals surface area contributed by atoms with Gasteiger partial charge in [0.05, 0.1) is 0 Å². The molecule has 5 heteroatoms. The van der Waals surface area contributed by atoms with Gasteiger partial charge in [0.15, 0.2) is 5.96 Å². The molecular weight excluding hydrogens is 315 g/mol. The summed E-state index contributed by atoms with van der Waals surface area (Å²) < 4.78 is 13.5. The quantitative estimate of drug-likeness (QED) is 0.613. The van der Waals surface area contributed by atoms with Crippen LogP contribution in [0.1, 0.15) is 38.7 Å². The monoisotopic (exact) mass is 348 g/mol. The molecular formula is C20H33FN4. The Labute approximate surface area is 151 Å². The lowest BCUT2D eigenvalue weighted by molar-refractivity contribution is 0.213. The molecule has 4 nitrogen and oxygen atoms in total. The third-order valence-electron chi connectivity index (χ3n) is 5.21. The maximum Gasteiger partial charge on any atom is 0.191 e. The van der Waals surface area contributed by atoms with E-state index >= 15 is 0 Å². The molecule has 140 valence electrons. The van der Waals surface area contributed by atoms with Gasteiger partial charge in [0.25, 0.3) is 0 Å². The van der Waals surface area contributed by atoms with Gasteiger partial charge in [-0.1, -0.05) is 26.0 Å². The summed E-state index contributed by atoms with van der Waals surface area (Å²) >= 11 is 0. The molecule has 0 amide bonds. The highest BCUT2D eigenvalue weighted by Gasteiger charge is 2.21. The van der Waals surface area contributed by atoms with E-state index in [0.717, 1.165) is 24.0 Å². The Balaban J connectivity index is 1.76. The van der Waals surface area contributed by atoms with Crippen molar-refractivity contribution in [3.05, 3.63) is 35.6 Å². The van der Waals surface area contributed by atoms with E-state index in [2.05, 4.69) is 41.4 Å². The molecule has 0 bridgehead atoms. The van der Waals surface area contributed by atoms with Crippen molar-refractivity contribution in [2.24, 2.45) is 10.9 Å². The van der Waals surface area contributed by atoms with Crippen molar-refractivity contribution in [1.82, 2.24) is 15.5 Å². The number of nitrogens with one attached hydrogen (secondary N) is 2. The van der Waals surface area contributed by atoms with E-state index < -0.39 is 0 Å². The van der Waals surface area contributed by atoms with E-state index in [0.29, 0.717) is 6.54 Å². The molecule has 1 heterocycles. The summed E-state index contributed by atoms with van der Waals surface area (Å²) in [7, 11) is 3.99. The molecule has 0 aliphatic carbocycles. The molecule has 1 aliphatic heterocycles. The Morgan fingerprint density at radius 1 is 1.28 bits per heavy atom. The highest BCUT2D eigenvalue weighted by Crippen LogP contribution is 2.23. The zero-order valence-corrected chi connectivity index (χ0v) is 16.1. The van der Waals surface area contributed by atoms with Crippen molar-refractivity contribution in [2.45, 2.75) is 38.5 Å². The predicted molar refractivity (Wildman–Crippen MR) is 104 cm³/mol. The Bertz CT molecular complexity index is 563. The van der Waals surface area contributed by atoms with E-state index in [9.17, 15) is 4.39 Å². The molecule has 0 spiro atoms. The van der Waals surface area contributed by atoms with Crippen LogP contribution in [-0.2, 0) is 5.41 Å². The molecule has 0 aromatic heterocycles. The minimum atomic E-state index is -0.189.